The highest BCUT2D eigenvalue weighted by atomic mass is 15.1. The maximum absolute atomic E-state index is 8.48. The van der Waals surface area contributed by atoms with Gasteiger partial charge in [0.2, 0.25) is 0 Å². The van der Waals surface area contributed by atoms with Crippen molar-refractivity contribution in [3.63, 3.8) is 0 Å². The molecular formula is C12H11N5. The van der Waals surface area contributed by atoms with Gasteiger partial charge in [-0.1, -0.05) is 30.3 Å². The summed E-state index contributed by atoms with van der Waals surface area (Å²) in [4.78, 5) is 7.96. The molecule has 2 rings (SSSR count). The number of aromatic nitrogens is 2. The standard InChI is InChI=1S/C12H11N5/c13-8-15-12-6-11(16-9-17-12)14-7-10-4-2-1-3-5-10/h1-6,9H,7H2,(H2,14,15,16,17). The highest BCUT2D eigenvalue weighted by molar-refractivity contribution is 5.48. The first-order valence-corrected chi connectivity index (χ1v) is 5.13. The average Bonchev–Trinajstić information content (AvgIpc) is 2.39. The van der Waals surface area contributed by atoms with Crippen LogP contribution in [0.1, 0.15) is 5.56 Å². The fourth-order valence-corrected chi connectivity index (χ4v) is 1.37. The molecule has 0 saturated heterocycles. The SMILES string of the molecule is N#CNc1cc(NCc2ccccc2)ncn1. The molecule has 0 bridgehead atoms. The molecule has 84 valence electrons. The summed E-state index contributed by atoms with van der Waals surface area (Å²) >= 11 is 0. The molecule has 5 nitrogen and oxygen atoms in total. The fourth-order valence-electron chi connectivity index (χ4n) is 1.37. The van der Waals surface area contributed by atoms with E-state index in [1.54, 1.807) is 6.07 Å². The molecule has 1 aromatic heterocycles. The summed E-state index contributed by atoms with van der Waals surface area (Å²) < 4.78 is 0. The highest BCUT2D eigenvalue weighted by Gasteiger charge is 1.97. The third-order valence-electron chi connectivity index (χ3n) is 2.17. The number of rotatable bonds is 4. The number of nitriles is 1. The van der Waals surface area contributed by atoms with E-state index in [1.165, 1.54) is 11.9 Å². The second-order valence-corrected chi connectivity index (χ2v) is 3.36. The topological polar surface area (TPSA) is 73.6 Å². The molecule has 0 unspecified atom stereocenters. The molecule has 0 aliphatic rings. The molecule has 2 N–H and O–H groups in total. The minimum absolute atomic E-state index is 0.484. The summed E-state index contributed by atoms with van der Waals surface area (Å²) in [6.07, 6.45) is 3.23. The molecule has 5 heteroatoms. The molecule has 17 heavy (non-hydrogen) atoms. The van der Waals surface area contributed by atoms with Crippen LogP contribution in [-0.4, -0.2) is 9.97 Å². The summed E-state index contributed by atoms with van der Waals surface area (Å²) in [7, 11) is 0. The van der Waals surface area contributed by atoms with Crippen LogP contribution in [0.15, 0.2) is 42.7 Å². The number of benzene rings is 1. The van der Waals surface area contributed by atoms with Gasteiger partial charge in [-0.15, -0.1) is 0 Å². The Balaban J connectivity index is 2.00. The van der Waals surface area contributed by atoms with E-state index < -0.39 is 0 Å². The second kappa shape index (κ2) is 5.47. The van der Waals surface area contributed by atoms with Crippen LogP contribution < -0.4 is 10.6 Å². The van der Waals surface area contributed by atoms with E-state index in [4.69, 9.17) is 5.26 Å². The lowest BCUT2D eigenvalue weighted by Gasteiger charge is -2.05. The van der Waals surface area contributed by atoms with Gasteiger partial charge in [-0.25, -0.2) is 9.97 Å². The van der Waals surface area contributed by atoms with Gasteiger partial charge in [-0.3, -0.25) is 5.32 Å². The Hall–Kier alpha value is -2.61. The molecule has 1 aromatic carbocycles. The largest absolute Gasteiger partial charge is 0.366 e. The Kier molecular flexibility index (Phi) is 3.50. The van der Waals surface area contributed by atoms with Crippen molar-refractivity contribution in [3.8, 4) is 6.19 Å². The van der Waals surface area contributed by atoms with Gasteiger partial charge in [0, 0.05) is 12.6 Å². The molecule has 0 spiro atoms. The van der Waals surface area contributed by atoms with E-state index in [0.717, 1.165) is 0 Å². The van der Waals surface area contributed by atoms with Crippen LogP contribution in [-0.2, 0) is 6.54 Å². The Labute approximate surface area is 99.1 Å². The molecule has 1 heterocycles. The first-order chi connectivity index (χ1) is 8.38. The summed E-state index contributed by atoms with van der Waals surface area (Å²) in [6.45, 7) is 0.684. The quantitative estimate of drug-likeness (QED) is 0.614. The maximum Gasteiger partial charge on any atom is 0.182 e. The summed E-state index contributed by atoms with van der Waals surface area (Å²) in [5.74, 6) is 1.17. The third kappa shape index (κ3) is 3.18. The Morgan fingerprint density at radius 1 is 1.12 bits per heavy atom. The van der Waals surface area contributed by atoms with Crippen molar-refractivity contribution < 1.29 is 0 Å². The zero-order valence-electron chi connectivity index (χ0n) is 9.09. The van der Waals surface area contributed by atoms with Crippen molar-refractivity contribution >= 4 is 11.6 Å². The van der Waals surface area contributed by atoms with Crippen molar-refractivity contribution in [2.75, 3.05) is 10.6 Å². The van der Waals surface area contributed by atoms with Gasteiger partial charge in [-0.2, -0.15) is 5.26 Å². The monoisotopic (exact) mass is 225 g/mol. The lowest BCUT2D eigenvalue weighted by atomic mass is 10.2. The predicted molar refractivity (Wildman–Crippen MR) is 65.0 cm³/mol. The van der Waals surface area contributed by atoms with E-state index in [2.05, 4.69) is 20.6 Å². The van der Waals surface area contributed by atoms with Crippen LogP contribution in [0.5, 0.6) is 0 Å². The molecule has 0 radical (unpaired) electrons. The minimum Gasteiger partial charge on any atom is -0.366 e. The summed E-state index contributed by atoms with van der Waals surface area (Å²) in [5, 5.41) is 14.1. The van der Waals surface area contributed by atoms with E-state index in [9.17, 15) is 0 Å². The second-order valence-electron chi connectivity index (χ2n) is 3.36. The number of nitrogens with one attached hydrogen (secondary N) is 2. The Morgan fingerprint density at radius 2 is 1.88 bits per heavy atom. The molecule has 0 atom stereocenters. The maximum atomic E-state index is 8.48. The van der Waals surface area contributed by atoms with Gasteiger partial charge in [0.15, 0.2) is 6.19 Å². The molecule has 0 saturated carbocycles. The summed E-state index contributed by atoms with van der Waals surface area (Å²) in [5.41, 5.74) is 1.17. The lowest BCUT2D eigenvalue weighted by Crippen LogP contribution is -2.02. The van der Waals surface area contributed by atoms with Crippen molar-refractivity contribution in [1.82, 2.24) is 9.97 Å². The van der Waals surface area contributed by atoms with Crippen LogP contribution in [0.4, 0.5) is 11.6 Å². The molecule has 0 aliphatic heterocycles. The Bertz CT molecular complexity index is 518. The molecule has 0 aliphatic carbocycles. The van der Waals surface area contributed by atoms with Crippen LogP contribution in [0, 0.1) is 11.5 Å². The minimum atomic E-state index is 0.484. The zero-order valence-corrected chi connectivity index (χ0v) is 9.09. The third-order valence-corrected chi connectivity index (χ3v) is 2.17. The van der Waals surface area contributed by atoms with Crippen LogP contribution >= 0.6 is 0 Å². The lowest BCUT2D eigenvalue weighted by molar-refractivity contribution is 1.08. The van der Waals surface area contributed by atoms with Gasteiger partial charge in [-0.05, 0) is 5.56 Å². The normalized spacial score (nSPS) is 9.35. The number of anilines is 2. The summed E-state index contributed by atoms with van der Waals surface area (Å²) in [6, 6.07) is 11.7. The Morgan fingerprint density at radius 3 is 2.65 bits per heavy atom. The van der Waals surface area contributed by atoms with Crippen LogP contribution in [0.25, 0.3) is 0 Å². The molecular weight excluding hydrogens is 214 g/mol. The van der Waals surface area contributed by atoms with Gasteiger partial charge < -0.3 is 5.32 Å². The smallest absolute Gasteiger partial charge is 0.182 e. The molecule has 0 amide bonds. The fraction of sp³-hybridized carbons (Fsp3) is 0.0833. The first kappa shape index (κ1) is 10.9. The van der Waals surface area contributed by atoms with Crippen LogP contribution in [0.2, 0.25) is 0 Å². The number of nitrogens with zero attached hydrogens (tertiary/aromatic N) is 3. The molecule has 2 aromatic rings. The van der Waals surface area contributed by atoms with Gasteiger partial charge in [0.1, 0.15) is 18.0 Å². The van der Waals surface area contributed by atoms with E-state index >= 15 is 0 Å². The highest BCUT2D eigenvalue weighted by Crippen LogP contribution is 2.09. The zero-order chi connectivity index (χ0) is 11.9. The van der Waals surface area contributed by atoms with Crippen molar-refractivity contribution in [1.29, 1.82) is 5.26 Å². The predicted octanol–water partition coefficient (Wildman–Crippen LogP) is 1.98. The van der Waals surface area contributed by atoms with Crippen LogP contribution in [0.3, 0.4) is 0 Å². The van der Waals surface area contributed by atoms with Gasteiger partial charge in [0.05, 0.1) is 0 Å². The van der Waals surface area contributed by atoms with Gasteiger partial charge in [0.25, 0.3) is 0 Å². The number of hydrogen-bond donors (Lipinski definition) is 2. The first-order valence-electron chi connectivity index (χ1n) is 5.13. The van der Waals surface area contributed by atoms with E-state index in [1.807, 2.05) is 36.5 Å². The van der Waals surface area contributed by atoms with E-state index in [0.29, 0.717) is 18.2 Å². The van der Waals surface area contributed by atoms with Crippen molar-refractivity contribution in [2.24, 2.45) is 0 Å². The molecule has 0 fully saturated rings. The van der Waals surface area contributed by atoms with Crippen molar-refractivity contribution in [2.45, 2.75) is 6.54 Å². The van der Waals surface area contributed by atoms with Crippen molar-refractivity contribution in [3.05, 3.63) is 48.3 Å². The van der Waals surface area contributed by atoms with Gasteiger partial charge >= 0.3 is 0 Å². The number of hydrogen-bond acceptors (Lipinski definition) is 5. The average molecular weight is 225 g/mol. The van der Waals surface area contributed by atoms with E-state index in [-0.39, 0.29) is 0 Å².